The highest BCUT2D eigenvalue weighted by Gasteiger charge is 2.31. The van der Waals surface area contributed by atoms with Gasteiger partial charge in [0.15, 0.2) is 0 Å². The van der Waals surface area contributed by atoms with Crippen LogP contribution in [0.2, 0.25) is 0 Å². The van der Waals surface area contributed by atoms with E-state index in [0.29, 0.717) is 23.7 Å². The summed E-state index contributed by atoms with van der Waals surface area (Å²) in [5.41, 5.74) is 2.01. The summed E-state index contributed by atoms with van der Waals surface area (Å²) >= 11 is 0. The number of aromatic nitrogens is 2. The molecule has 0 radical (unpaired) electrons. The molecule has 2 aromatic rings. The molecule has 2 N–H and O–H groups in total. The van der Waals surface area contributed by atoms with Gasteiger partial charge in [0.2, 0.25) is 5.82 Å². The molecule has 0 saturated heterocycles. The van der Waals surface area contributed by atoms with Crippen LogP contribution in [0.25, 0.3) is 17.0 Å². The monoisotopic (exact) mass is 427 g/mol. The number of hydrogen-bond acceptors (Lipinski definition) is 5. The van der Waals surface area contributed by atoms with Gasteiger partial charge in [-0.2, -0.15) is 4.98 Å². The Morgan fingerprint density at radius 1 is 1.35 bits per heavy atom. The third-order valence-electron chi connectivity index (χ3n) is 6.17. The van der Waals surface area contributed by atoms with Gasteiger partial charge in [-0.05, 0) is 43.9 Å². The molecule has 3 rings (SSSR count). The SMILES string of the molecule is CCC1(C)CC=C(c2nc(-c3ccc(C(CC(C)CC(=O)O)NC)cc3)no2)C=C1F. The number of carboxylic acid groups (broad SMARTS) is 1. The molecule has 31 heavy (non-hydrogen) atoms. The van der Waals surface area contributed by atoms with E-state index in [-0.39, 0.29) is 24.2 Å². The van der Waals surface area contributed by atoms with Crippen molar-refractivity contribution in [3.8, 4) is 11.4 Å². The van der Waals surface area contributed by atoms with Crippen molar-refractivity contribution < 1.29 is 18.8 Å². The van der Waals surface area contributed by atoms with Crippen molar-refractivity contribution >= 4 is 11.5 Å². The van der Waals surface area contributed by atoms with E-state index >= 15 is 0 Å². The molecule has 0 fully saturated rings. The molecular weight excluding hydrogens is 397 g/mol. The molecule has 3 unspecified atom stereocenters. The quantitative estimate of drug-likeness (QED) is 0.545. The lowest BCUT2D eigenvalue weighted by Gasteiger charge is -2.28. The summed E-state index contributed by atoms with van der Waals surface area (Å²) in [4.78, 5) is 15.4. The molecule has 1 aromatic heterocycles. The van der Waals surface area contributed by atoms with Crippen LogP contribution < -0.4 is 5.32 Å². The lowest BCUT2D eigenvalue weighted by molar-refractivity contribution is -0.138. The first-order valence-corrected chi connectivity index (χ1v) is 10.7. The van der Waals surface area contributed by atoms with Crippen molar-refractivity contribution in [3.63, 3.8) is 0 Å². The van der Waals surface area contributed by atoms with Crippen LogP contribution in [0.15, 0.2) is 46.8 Å². The second-order valence-electron chi connectivity index (χ2n) is 8.60. The maximum Gasteiger partial charge on any atom is 0.303 e. The molecule has 0 saturated carbocycles. The minimum absolute atomic E-state index is 0.0533. The highest BCUT2D eigenvalue weighted by Crippen LogP contribution is 2.41. The summed E-state index contributed by atoms with van der Waals surface area (Å²) in [6, 6.07) is 7.84. The van der Waals surface area contributed by atoms with Gasteiger partial charge in [0, 0.05) is 29.0 Å². The van der Waals surface area contributed by atoms with Crippen molar-refractivity contribution in [2.24, 2.45) is 11.3 Å². The van der Waals surface area contributed by atoms with E-state index in [2.05, 4.69) is 15.5 Å². The molecule has 0 amide bonds. The summed E-state index contributed by atoms with van der Waals surface area (Å²) in [6.07, 6.45) is 5.62. The standard InChI is InChI=1S/C24H30FN3O3/c1-5-24(3)11-10-18(14-20(24)25)23-27-22(28-31-23)17-8-6-16(7-9-17)19(26-4)12-15(2)13-21(29)30/h6-10,14-15,19,26H,5,11-13H2,1-4H3,(H,29,30). The topological polar surface area (TPSA) is 88.2 Å². The van der Waals surface area contributed by atoms with Gasteiger partial charge in [0.1, 0.15) is 5.83 Å². The van der Waals surface area contributed by atoms with Crippen LogP contribution >= 0.6 is 0 Å². The van der Waals surface area contributed by atoms with Gasteiger partial charge in [-0.1, -0.05) is 56.3 Å². The number of rotatable bonds is 9. The Morgan fingerprint density at radius 3 is 2.65 bits per heavy atom. The Morgan fingerprint density at radius 2 is 2.06 bits per heavy atom. The van der Waals surface area contributed by atoms with Crippen molar-refractivity contribution in [1.29, 1.82) is 0 Å². The van der Waals surface area contributed by atoms with Crippen LogP contribution in [0.5, 0.6) is 0 Å². The summed E-state index contributed by atoms with van der Waals surface area (Å²) in [5.74, 6) is -0.135. The molecule has 0 bridgehead atoms. The Hall–Kier alpha value is -2.80. The highest BCUT2D eigenvalue weighted by atomic mass is 19.1. The number of carboxylic acids is 1. The third kappa shape index (κ3) is 5.28. The van der Waals surface area contributed by atoms with Gasteiger partial charge in [-0.25, -0.2) is 4.39 Å². The largest absolute Gasteiger partial charge is 0.481 e. The summed E-state index contributed by atoms with van der Waals surface area (Å²) < 4.78 is 19.9. The fraction of sp³-hybridized carbons (Fsp3) is 0.458. The van der Waals surface area contributed by atoms with Gasteiger partial charge < -0.3 is 14.9 Å². The fourth-order valence-electron chi connectivity index (χ4n) is 3.79. The lowest BCUT2D eigenvalue weighted by atomic mass is 9.78. The second kappa shape index (κ2) is 9.56. The first-order chi connectivity index (χ1) is 14.8. The number of halogens is 1. The van der Waals surface area contributed by atoms with Gasteiger partial charge >= 0.3 is 5.97 Å². The normalized spacial score (nSPS) is 20.7. The van der Waals surface area contributed by atoms with Gasteiger partial charge in [-0.3, -0.25) is 4.79 Å². The molecule has 7 heteroatoms. The van der Waals surface area contributed by atoms with Crippen LogP contribution in [-0.4, -0.2) is 28.3 Å². The molecule has 1 aliphatic carbocycles. The molecule has 1 heterocycles. The molecule has 166 valence electrons. The van der Waals surface area contributed by atoms with Gasteiger partial charge in [0.25, 0.3) is 5.89 Å². The van der Waals surface area contributed by atoms with Crippen LogP contribution in [0.4, 0.5) is 4.39 Å². The maximum absolute atomic E-state index is 14.5. The molecule has 0 aliphatic heterocycles. The zero-order valence-electron chi connectivity index (χ0n) is 18.5. The first-order valence-electron chi connectivity index (χ1n) is 10.7. The van der Waals surface area contributed by atoms with Gasteiger partial charge in [-0.15, -0.1) is 0 Å². The first kappa shape index (κ1) is 22.9. The molecular formula is C24H30FN3O3. The average Bonchev–Trinajstić information content (AvgIpc) is 3.24. The molecule has 1 aliphatic rings. The van der Waals surface area contributed by atoms with Crippen molar-refractivity contribution in [1.82, 2.24) is 15.5 Å². The van der Waals surface area contributed by atoms with Gasteiger partial charge in [0.05, 0.1) is 0 Å². The Balaban J connectivity index is 1.73. The summed E-state index contributed by atoms with van der Waals surface area (Å²) in [6.45, 7) is 5.83. The van der Waals surface area contributed by atoms with Crippen LogP contribution in [-0.2, 0) is 4.79 Å². The van der Waals surface area contributed by atoms with E-state index < -0.39 is 11.4 Å². The molecule has 3 atom stereocenters. The molecule has 0 spiro atoms. The summed E-state index contributed by atoms with van der Waals surface area (Å²) in [5, 5.41) is 16.3. The Kier molecular flexibility index (Phi) is 7.05. The van der Waals surface area contributed by atoms with E-state index in [1.54, 1.807) is 0 Å². The third-order valence-corrected chi connectivity index (χ3v) is 6.17. The van der Waals surface area contributed by atoms with Crippen molar-refractivity contribution in [2.75, 3.05) is 7.05 Å². The minimum atomic E-state index is -0.785. The second-order valence-corrected chi connectivity index (χ2v) is 8.60. The Bertz CT molecular complexity index is 980. The van der Waals surface area contributed by atoms with Crippen LogP contribution in [0, 0.1) is 11.3 Å². The predicted molar refractivity (Wildman–Crippen MR) is 118 cm³/mol. The summed E-state index contributed by atoms with van der Waals surface area (Å²) in [7, 11) is 1.87. The number of benzene rings is 1. The zero-order chi connectivity index (χ0) is 22.6. The Labute approximate surface area is 182 Å². The van der Waals surface area contributed by atoms with E-state index in [9.17, 15) is 9.18 Å². The number of hydrogen-bond donors (Lipinski definition) is 2. The van der Waals surface area contributed by atoms with Crippen LogP contribution in [0.1, 0.15) is 64.0 Å². The minimum Gasteiger partial charge on any atom is -0.481 e. The smallest absolute Gasteiger partial charge is 0.303 e. The van der Waals surface area contributed by atoms with E-state index in [4.69, 9.17) is 9.63 Å². The number of nitrogens with one attached hydrogen (secondary N) is 1. The number of aliphatic carboxylic acids is 1. The van der Waals surface area contributed by atoms with Crippen molar-refractivity contribution in [2.45, 2.75) is 52.5 Å². The number of nitrogens with zero attached hydrogens (tertiary/aromatic N) is 2. The average molecular weight is 428 g/mol. The fourth-order valence-corrected chi connectivity index (χ4v) is 3.79. The van der Waals surface area contributed by atoms with Crippen LogP contribution in [0.3, 0.4) is 0 Å². The lowest BCUT2D eigenvalue weighted by Crippen LogP contribution is -2.20. The number of carbonyl (C=O) groups is 1. The predicted octanol–water partition coefficient (Wildman–Crippen LogP) is 5.55. The number of allylic oxidation sites excluding steroid dienone is 4. The zero-order valence-corrected chi connectivity index (χ0v) is 18.5. The molecule has 6 nitrogen and oxygen atoms in total. The van der Waals surface area contributed by atoms with E-state index in [1.165, 1.54) is 6.08 Å². The van der Waals surface area contributed by atoms with E-state index in [0.717, 1.165) is 24.0 Å². The molecule has 1 aromatic carbocycles. The maximum atomic E-state index is 14.5. The van der Waals surface area contributed by atoms with Crippen molar-refractivity contribution in [3.05, 3.63) is 53.7 Å². The highest BCUT2D eigenvalue weighted by molar-refractivity contribution is 5.72. The van der Waals surface area contributed by atoms with E-state index in [1.807, 2.05) is 58.2 Å².